The molecular formula is C13H16ClN3. The van der Waals surface area contributed by atoms with Crippen molar-refractivity contribution in [2.24, 2.45) is 0 Å². The summed E-state index contributed by atoms with van der Waals surface area (Å²) in [5, 5.41) is 4.56. The second kappa shape index (κ2) is 4.49. The topological polar surface area (TPSA) is 30.7 Å². The molecular weight excluding hydrogens is 234 g/mol. The summed E-state index contributed by atoms with van der Waals surface area (Å²) in [6, 6.07) is 2.02. The van der Waals surface area contributed by atoms with Gasteiger partial charge in [-0.05, 0) is 39.3 Å². The molecule has 4 heteroatoms. The lowest BCUT2D eigenvalue weighted by atomic mass is 10.2. The summed E-state index contributed by atoms with van der Waals surface area (Å²) in [6.45, 7) is 8.15. The lowest BCUT2D eigenvalue weighted by Crippen LogP contribution is -2.04. The van der Waals surface area contributed by atoms with Gasteiger partial charge in [-0.15, -0.1) is 11.6 Å². The van der Waals surface area contributed by atoms with Crippen molar-refractivity contribution in [3.05, 3.63) is 40.5 Å². The van der Waals surface area contributed by atoms with Crippen LogP contribution in [-0.2, 0) is 5.88 Å². The van der Waals surface area contributed by atoms with Crippen LogP contribution in [0.1, 0.15) is 28.2 Å². The maximum atomic E-state index is 5.95. The van der Waals surface area contributed by atoms with E-state index in [1.807, 2.05) is 30.8 Å². The van der Waals surface area contributed by atoms with E-state index in [1.54, 1.807) is 0 Å². The van der Waals surface area contributed by atoms with Gasteiger partial charge in [0.15, 0.2) is 0 Å². The summed E-state index contributed by atoms with van der Waals surface area (Å²) in [5.74, 6) is 0.444. The highest BCUT2D eigenvalue weighted by Crippen LogP contribution is 2.21. The van der Waals surface area contributed by atoms with Crippen LogP contribution in [0, 0.1) is 27.7 Å². The lowest BCUT2D eigenvalue weighted by Gasteiger charge is -2.10. The Morgan fingerprint density at radius 2 is 1.94 bits per heavy atom. The van der Waals surface area contributed by atoms with Crippen molar-refractivity contribution in [1.82, 2.24) is 14.8 Å². The zero-order valence-corrected chi connectivity index (χ0v) is 11.3. The molecule has 0 aliphatic heterocycles. The van der Waals surface area contributed by atoms with Gasteiger partial charge in [0, 0.05) is 23.1 Å². The number of pyridine rings is 1. The van der Waals surface area contributed by atoms with E-state index in [2.05, 4.69) is 23.9 Å². The molecule has 2 rings (SSSR count). The minimum atomic E-state index is 0.444. The summed E-state index contributed by atoms with van der Waals surface area (Å²) >= 11 is 5.95. The Balaban J connectivity index is 2.67. The molecule has 0 spiro atoms. The fourth-order valence-electron chi connectivity index (χ4n) is 1.83. The minimum Gasteiger partial charge on any atom is -0.261 e. The van der Waals surface area contributed by atoms with Gasteiger partial charge in [-0.25, -0.2) is 4.68 Å². The molecule has 0 aromatic carbocycles. The van der Waals surface area contributed by atoms with Crippen molar-refractivity contribution < 1.29 is 0 Å². The standard InChI is InChI=1S/C13H16ClN3/c1-8-5-13(12(6-14)7-15-8)17-11(4)9(2)10(3)16-17/h5,7H,6H2,1-4H3. The van der Waals surface area contributed by atoms with E-state index in [0.29, 0.717) is 5.88 Å². The van der Waals surface area contributed by atoms with E-state index < -0.39 is 0 Å². The van der Waals surface area contributed by atoms with Crippen LogP contribution in [-0.4, -0.2) is 14.8 Å². The summed E-state index contributed by atoms with van der Waals surface area (Å²) < 4.78 is 1.96. The molecule has 0 bridgehead atoms. The molecule has 17 heavy (non-hydrogen) atoms. The molecule has 3 nitrogen and oxygen atoms in total. The molecule has 90 valence electrons. The zero-order chi connectivity index (χ0) is 12.6. The molecule has 0 saturated carbocycles. The molecule has 0 radical (unpaired) electrons. The van der Waals surface area contributed by atoms with Gasteiger partial charge >= 0.3 is 0 Å². The Bertz CT molecular complexity index is 558. The Hall–Kier alpha value is -1.35. The molecule has 0 saturated heterocycles. The second-order valence-corrected chi connectivity index (χ2v) is 4.56. The first-order valence-electron chi connectivity index (χ1n) is 5.59. The van der Waals surface area contributed by atoms with Crippen LogP contribution < -0.4 is 0 Å². The van der Waals surface area contributed by atoms with Gasteiger partial charge in [0.05, 0.1) is 17.3 Å². The van der Waals surface area contributed by atoms with E-state index in [-0.39, 0.29) is 0 Å². The van der Waals surface area contributed by atoms with Crippen LogP contribution in [0.4, 0.5) is 0 Å². The number of hydrogen-bond acceptors (Lipinski definition) is 2. The number of nitrogens with zero attached hydrogens (tertiary/aromatic N) is 3. The van der Waals surface area contributed by atoms with Crippen molar-refractivity contribution in [2.45, 2.75) is 33.6 Å². The SMILES string of the molecule is Cc1cc(-n2nc(C)c(C)c2C)c(CCl)cn1. The Morgan fingerprint density at radius 3 is 2.47 bits per heavy atom. The largest absolute Gasteiger partial charge is 0.261 e. The predicted octanol–water partition coefficient (Wildman–Crippen LogP) is 3.24. The van der Waals surface area contributed by atoms with E-state index in [4.69, 9.17) is 11.6 Å². The monoisotopic (exact) mass is 249 g/mol. The van der Waals surface area contributed by atoms with E-state index in [0.717, 1.165) is 28.3 Å². The molecule has 2 heterocycles. The quantitative estimate of drug-likeness (QED) is 0.765. The molecule has 0 atom stereocenters. The second-order valence-electron chi connectivity index (χ2n) is 4.30. The molecule has 0 N–H and O–H groups in total. The molecule has 2 aromatic heterocycles. The highest BCUT2D eigenvalue weighted by atomic mass is 35.5. The third kappa shape index (κ3) is 2.07. The summed E-state index contributed by atoms with van der Waals surface area (Å²) in [7, 11) is 0. The van der Waals surface area contributed by atoms with Gasteiger partial charge in [-0.3, -0.25) is 4.98 Å². The smallest absolute Gasteiger partial charge is 0.0726 e. The molecule has 0 aliphatic rings. The number of aryl methyl sites for hydroxylation is 2. The van der Waals surface area contributed by atoms with Crippen LogP contribution in [0.3, 0.4) is 0 Å². The number of aromatic nitrogens is 3. The third-order valence-electron chi connectivity index (χ3n) is 3.12. The molecule has 2 aromatic rings. The van der Waals surface area contributed by atoms with E-state index in [9.17, 15) is 0 Å². The van der Waals surface area contributed by atoms with Crippen LogP contribution in [0.2, 0.25) is 0 Å². The maximum absolute atomic E-state index is 5.95. The van der Waals surface area contributed by atoms with E-state index >= 15 is 0 Å². The van der Waals surface area contributed by atoms with Crippen molar-refractivity contribution in [1.29, 1.82) is 0 Å². The highest BCUT2D eigenvalue weighted by molar-refractivity contribution is 6.17. The van der Waals surface area contributed by atoms with Crippen molar-refractivity contribution >= 4 is 11.6 Å². The molecule has 0 unspecified atom stereocenters. The van der Waals surface area contributed by atoms with Gasteiger partial charge in [0.25, 0.3) is 0 Å². The number of alkyl halides is 1. The first-order chi connectivity index (χ1) is 8.04. The van der Waals surface area contributed by atoms with Crippen LogP contribution >= 0.6 is 11.6 Å². The number of halogens is 1. The van der Waals surface area contributed by atoms with Gasteiger partial charge in [0.1, 0.15) is 0 Å². The van der Waals surface area contributed by atoms with Gasteiger partial charge in [-0.2, -0.15) is 5.10 Å². The first kappa shape index (κ1) is 12.1. The van der Waals surface area contributed by atoms with Gasteiger partial charge < -0.3 is 0 Å². The molecule has 0 fully saturated rings. The Labute approximate surface area is 106 Å². The van der Waals surface area contributed by atoms with Crippen molar-refractivity contribution in [3.8, 4) is 5.69 Å². The van der Waals surface area contributed by atoms with Crippen LogP contribution in [0.5, 0.6) is 0 Å². The summed E-state index contributed by atoms with van der Waals surface area (Å²) in [4.78, 5) is 4.27. The lowest BCUT2D eigenvalue weighted by molar-refractivity contribution is 0.820. The minimum absolute atomic E-state index is 0.444. The average molecular weight is 250 g/mol. The Morgan fingerprint density at radius 1 is 1.24 bits per heavy atom. The molecule has 0 aliphatic carbocycles. The van der Waals surface area contributed by atoms with Gasteiger partial charge in [0.2, 0.25) is 0 Å². The summed E-state index contributed by atoms with van der Waals surface area (Å²) in [5.41, 5.74) is 6.43. The zero-order valence-electron chi connectivity index (χ0n) is 10.6. The van der Waals surface area contributed by atoms with Crippen LogP contribution in [0.15, 0.2) is 12.3 Å². The number of rotatable bonds is 2. The first-order valence-corrected chi connectivity index (χ1v) is 6.12. The van der Waals surface area contributed by atoms with Crippen LogP contribution in [0.25, 0.3) is 5.69 Å². The normalized spacial score (nSPS) is 10.9. The maximum Gasteiger partial charge on any atom is 0.0726 e. The fraction of sp³-hybridized carbons (Fsp3) is 0.385. The predicted molar refractivity (Wildman–Crippen MR) is 69.9 cm³/mol. The van der Waals surface area contributed by atoms with E-state index in [1.165, 1.54) is 5.56 Å². The van der Waals surface area contributed by atoms with Crippen molar-refractivity contribution in [2.75, 3.05) is 0 Å². The highest BCUT2D eigenvalue weighted by Gasteiger charge is 2.12. The number of hydrogen-bond donors (Lipinski definition) is 0. The molecule has 0 amide bonds. The Kier molecular flexibility index (Phi) is 3.20. The van der Waals surface area contributed by atoms with Gasteiger partial charge in [-0.1, -0.05) is 0 Å². The van der Waals surface area contributed by atoms with Crippen molar-refractivity contribution in [3.63, 3.8) is 0 Å². The summed E-state index contributed by atoms with van der Waals surface area (Å²) in [6.07, 6.45) is 1.82. The fourth-order valence-corrected chi connectivity index (χ4v) is 2.03. The average Bonchev–Trinajstić information content (AvgIpc) is 2.57. The third-order valence-corrected chi connectivity index (χ3v) is 3.41.